The van der Waals surface area contributed by atoms with Gasteiger partial charge in [0.1, 0.15) is 0 Å². The van der Waals surface area contributed by atoms with Gasteiger partial charge in [-0.05, 0) is 12.8 Å². The Bertz CT molecular complexity index is 110. The summed E-state index contributed by atoms with van der Waals surface area (Å²) >= 11 is 0. The van der Waals surface area contributed by atoms with Crippen molar-refractivity contribution in [3.8, 4) is 0 Å². The normalized spacial score (nSPS) is 11.6. The molecule has 0 aromatic rings. The lowest BCUT2D eigenvalue weighted by atomic mass is 9.95. The lowest BCUT2D eigenvalue weighted by Gasteiger charge is -2.25. The van der Waals surface area contributed by atoms with Gasteiger partial charge in [0.05, 0.1) is 0 Å². The van der Waals surface area contributed by atoms with E-state index in [9.17, 15) is 0 Å². The van der Waals surface area contributed by atoms with Gasteiger partial charge in [-0.3, -0.25) is 0 Å². The molecule has 0 aromatic carbocycles. The summed E-state index contributed by atoms with van der Waals surface area (Å²) in [6.07, 6.45) is 9.88. The predicted molar refractivity (Wildman–Crippen MR) is 61.7 cm³/mol. The van der Waals surface area contributed by atoms with Gasteiger partial charge in [-0.2, -0.15) is 0 Å². The van der Waals surface area contributed by atoms with Crippen molar-refractivity contribution < 1.29 is 0 Å². The topological polar surface area (TPSA) is 0 Å². The van der Waals surface area contributed by atoms with Crippen molar-refractivity contribution in [3.63, 3.8) is 0 Å². The highest BCUT2D eigenvalue weighted by molar-refractivity contribution is 7.19. The van der Waals surface area contributed by atoms with Gasteiger partial charge in [-0.25, -0.2) is 0 Å². The molecule has 0 radical (unpaired) electrons. The minimum atomic E-state index is 0.325. The molecule has 0 aliphatic heterocycles. The second-order valence-electron chi connectivity index (χ2n) is 3.64. The molecule has 0 saturated carbocycles. The van der Waals surface area contributed by atoms with Gasteiger partial charge in [0.25, 0.3) is 0 Å². The summed E-state index contributed by atoms with van der Waals surface area (Å²) in [5.74, 6) is 0. The van der Waals surface area contributed by atoms with Crippen LogP contribution < -0.4 is 0 Å². The number of allylic oxidation sites excluding steroid dienone is 1. The monoisotopic (exact) mass is 186 g/mol. The molecule has 1 heteroatoms. The van der Waals surface area contributed by atoms with E-state index < -0.39 is 0 Å². The van der Waals surface area contributed by atoms with E-state index in [0.717, 1.165) is 0 Å². The molecule has 0 aliphatic rings. The molecule has 12 heavy (non-hydrogen) atoms. The zero-order valence-corrected chi connectivity index (χ0v) is 9.76. The van der Waals surface area contributed by atoms with Crippen molar-refractivity contribution in [1.29, 1.82) is 0 Å². The molecule has 1 atom stereocenters. The Morgan fingerprint density at radius 1 is 1.17 bits per heavy atom. The molecule has 0 aromatic heterocycles. The molecule has 1 unspecified atom stereocenters. The average molecular weight is 186 g/mol. The minimum Gasteiger partial charge on any atom is -0.127 e. The van der Waals surface area contributed by atoms with E-state index in [2.05, 4.69) is 35.7 Å². The van der Waals surface area contributed by atoms with Crippen molar-refractivity contribution in [1.82, 2.24) is 0 Å². The Kier molecular flexibility index (Phi) is 6.76. The first-order chi connectivity index (χ1) is 5.68. The van der Waals surface area contributed by atoms with Gasteiger partial charge in [0, 0.05) is 5.16 Å². The van der Waals surface area contributed by atoms with Crippen LogP contribution in [0.2, 0.25) is 0 Å². The van der Waals surface area contributed by atoms with E-state index in [1.165, 1.54) is 38.5 Å². The molecule has 0 bridgehead atoms. The lowest BCUT2D eigenvalue weighted by Crippen LogP contribution is -2.16. The summed E-state index contributed by atoms with van der Waals surface area (Å²) in [6, 6.07) is 0. The van der Waals surface area contributed by atoms with Crippen LogP contribution in [-0.4, -0.2) is 5.16 Å². The summed E-state index contributed by atoms with van der Waals surface area (Å²) in [7, 11) is 2.97. The smallest absolute Gasteiger partial charge is 0.00243 e. The molecule has 0 heterocycles. The number of hydrogen-bond donors (Lipinski definition) is 0. The highest BCUT2D eigenvalue weighted by Gasteiger charge is 2.18. The fourth-order valence-corrected chi connectivity index (χ4v) is 1.75. The van der Waals surface area contributed by atoms with E-state index >= 15 is 0 Å². The molecule has 0 aliphatic carbocycles. The van der Waals surface area contributed by atoms with Gasteiger partial charge in [0.2, 0.25) is 0 Å². The highest BCUT2D eigenvalue weighted by atomic mass is 31.0. The van der Waals surface area contributed by atoms with Gasteiger partial charge in [-0.15, -0.1) is 15.8 Å². The van der Waals surface area contributed by atoms with Crippen molar-refractivity contribution in [2.45, 2.75) is 57.5 Å². The van der Waals surface area contributed by atoms with Crippen molar-refractivity contribution >= 4 is 9.24 Å². The highest BCUT2D eigenvalue weighted by Crippen LogP contribution is 2.32. The molecule has 0 fully saturated rings. The maximum absolute atomic E-state index is 3.92. The fourth-order valence-electron chi connectivity index (χ4n) is 1.34. The number of unbranched alkanes of at least 4 members (excludes halogenated alkanes) is 2. The van der Waals surface area contributed by atoms with Crippen LogP contribution in [0.1, 0.15) is 52.4 Å². The van der Waals surface area contributed by atoms with E-state index in [1.54, 1.807) is 0 Å². The Balaban J connectivity index is 3.78. The zero-order chi connectivity index (χ0) is 9.45. The molecular formula is C11H23P. The van der Waals surface area contributed by atoms with E-state index in [0.29, 0.717) is 5.16 Å². The minimum absolute atomic E-state index is 0.325. The first kappa shape index (κ1) is 12.2. The molecule has 0 N–H and O–H groups in total. The Labute approximate surface area is 80.0 Å². The van der Waals surface area contributed by atoms with Crippen LogP contribution in [0.25, 0.3) is 0 Å². The third-order valence-corrected chi connectivity index (χ3v) is 3.21. The quantitative estimate of drug-likeness (QED) is 0.413. The molecular weight excluding hydrogens is 163 g/mol. The van der Waals surface area contributed by atoms with Crippen LogP contribution in [0, 0.1) is 0 Å². The number of hydrogen-bond acceptors (Lipinski definition) is 0. The lowest BCUT2D eigenvalue weighted by molar-refractivity contribution is 0.536. The van der Waals surface area contributed by atoms with Crippen molar-refractivity contribution in [2.24, 2.45) is 0 Å². The molecule has 0 rings (SSSR count). The van der Waals surface area contributed by atoms with Crippen LogP contribution in [0.5, 0.6) is 0 Å². The van der Waals surface area contributed by atoms with Crippen molar-refractivity contribution in [3.05, 3.63) is 12.7 Å². The maximum atomic E-state index is 3.92. The molecule has 0 nitrogen and oxygen atoms in total. The van der Waals surface area contributed by atoms with Crippen LogP contribution >= 0.6 is 9.24 Å². The Hall–Kier alpha value is 0.170. The standard InChI is InChI=1S/C11H23P/c1-4-7-9-11(12,6-3)10-8-5-2/h6H,3-5,7-10,12H2,1-2H3. The summed E-state index contributed by atoms with van der Waals surface area (Å²) in [6.45, 7) is 8.41. The molecule has 0 saturated heterocycles. The van der Waals surface area contributed by atoms with Gasteiger partial charge >= 0.3 is 0 Å². The van der Waals surface area contributed by atoms with Crippen LogP contribution in [0.3, 0.4) is 0 Å². The van der Waals surface area contributed by atoms with E-state index in [1.807, 2.05) is 0 Å². The number of rotatable bonds is 7. The van der Waals surface area contributed by atoms with Gasteiger partial charge in [-0.1, -0.05) is 45.6 Å². The third-order valence-electron chi connectivity index (χ3n) is 2.40. The molecule has 0 spiro atoms. The fraction of sp³-hybridized carbons (Fsp3) is 0.818. The first-order valence-electron chi connectivity index (χ1n) is 5.11. The second-order valence-corrected chi connectivity index (χ2v) is 4.79. The summed E-state index contributed by atoms with van der Waals surface area (Å²) < 4.78 is 0. The Morgan fingerprint density at radius 3 is 1.83 bits per heavy atom. The van der Waals surface area contributed by atoms with Gasteiger partial charge in [0.15, 0.2) is 0 Å². The molecule has 0 amide bonds. The van der Waals surface area contributed by atoms with Crippen LogP contribution in [0.15, 0.2) is 12.7 Å². The van der Waals surface area contributed by atoms with Crippen molar-refractivity contribution in [2.75, 3.05) is 0 Å². The van der Waals surface area contributed by atoms with E-state index in [-0.39, 0.29) is 0 Å². The summed E-state index contributed by atoms with van der Waals surface area (Å²) in [5.41, 5.74) is 0. The SMILES string of the molecule is C=CC(P)(CCCC)CCCC. The maximum Gasteiger partial charge on any atom is 0.00243 e. The van der Waals surface area contributed by atoms with E-state index in [4.69, 9.17) is 0 Å². The summed E-state index contributed by atoms with van der Waals surface area (Å²) in [4.78, 5) is 0. The van der Waals surface area contributed by atoms with Crippen LogP contribution in [0.4, 0.5) is 0 Å². The third kappa shape index (κ3) is 4.93. The second kappa shape index (κ2) is 6.66. The Morgan fingerprint density at radius 2 is 1.58 bits per heavy atom. The summed E-state index contributed by atoms with van der Waals surface area (Å²) in [5, 5.41) is 0.325. The predicted octanol–water partition coefficient (Wildman–Crippen LogP) is 4.17. The first-order valence-corrected chi connectivity index (χ1v) is 5.68. The zero-order valence-electron chi connectivity index (χ0n) is 8.60. The van der Waals surface area contributed by atoms with Gasteiger partial charge < -0.3 is 0 Å². The molecule has 72 valence electrons. The largest absolute Gasteiger partial charge is 0.127 e. The van der Waals surface area contributed by atoms with Crippen LogP contribution in [-0.2, 0) is 0 Å². The average Bonchev–Trinajstić information content (AvgIpc) is 2.11.